The van der Waals surface area contributed by atoms with E-state index in [1.807, 2.05) is 0 Å². The highest BCUT2D eigenvalue weighted by molar-refractivity contribution is 14.0. The van der Waals surface area contributed by atoms with Gasteiger partial charge in [-0.2, -0.15) is 0 Å². The summed E-state index contributed by atoms with van der Waals surface area (Å²) >= 11 is 1.79. The minimum Gasteiger partial charge on any atom is -0.357 e. The van der Waals surface area contributed by atoms with Crippen LogP contribution in [0.15, 0.2) is 10.4 Å². The van der Waals surface area contributed by atoms with Gasteiger partial charge >= 0.3 is 0 Å². The monoisotopic (exact) mass is 489 g/mol. The van der Waals surface area contributed by atoms with Crippen LogP contribution in [0, 0.1) is 5.41 Å². The zero-order valence-electron chi connectivity index (χ0n) is 15.9. The fraction of sp³-hybridized carbons (Fsp3) is 0.789. The number of aromatic nitrogens is 1. The lowest BCUT2D eigenvalue weighted by Gasteiger charge is -2.38. The highest BCUT2D eigenvalue weighted by Gasteiger charge is 2.43. The van der Waals surface area contributed by atoms with Crippen molar-refractivity contribution in [2.24, 2.45) is 10.4 Å². The Morgan fingerprint density at radius 3 is 2.69 bits per heavy atom. The predicted molar refractivity (Wildman–Crippen MR) is 121 cm³/mol. The molecule has 0 atom stereocenters. The van der Waals surface area contributed by atoms with Gasteiger partial charge in [0, 0.05) is 51.1 Å². The Labute approximate surface area is 178 Å². The summed E-state index contributed by atoms with van der Waals surface area (Å²) in [7, 11) is 0. The van der Waals surface area contributed by atoms with E-state index in [4.69, 9.17) is 9.98 Å². The van der Waals surface area contributed by atoms with Crippen molar-refractivity contribution in [3.05, 3.63) is 11.1 Å². The maximum atomic E-state index is 4.90. The van der Waals surface area contributed by atoms with E-state index in [0.717, 1.165) is 25.5 Å². The Kier molecular flexibility index (Phi) is 7.05. The quantitative estimate of drug-likeness (QED) is 0.389. The Balaban J connectivity index is 0.00000196. The van der Waals surface area contributed by atoms with E-state index in [0.29, 0.717) is 5.41 Å². The normalized spacial score (nSPS) is 21.8. The summed E-state index contributed by atoms with van der Waals surface area (Å²) in [5, 5.41) is 6.92. The first-order chi connectivity index (χ1) is 12.3. The molecule has 0 amide bonds. The van der Waals surface area contributed by atoms with E-state index in [9.17, 15) is 0 Å². The summed E-state index contributed by atoms with van der Waals surface area (Å²) in [6, 6.07) is 0. The van der Waals surface area contributed by atoms with E-state index in [2.05, 4.69) is 27.4 Å². The van der Waals surface area contributed by atoms with E-state index in [-0.39, 0.29) is 24.0 Å². The topological polar surface area (TPSA) is 43.8 Å². The molecule has 3 heterocycles. The minimum absolute atomic E-state index is 0. The van der Waals surface area contributed by atoms with Crippen LogP contribution in [0.1, 0.15) is 51.1 Å². The summed E-state index contributed by atoms with van der Waals surface area (Å²) in [6.07, 6.45) is 9.17. The lowest BCUT2D eigenvalue weighted by molar-refractivity contribution is 0.151. The van der Waals surface area contributed by atoms with Crippen LogP contribution in [0.5, 0.6) is 0 Å². The third kappa shape index (κ3) is 4.46. The highest BCUT2D eigenvalue weighted by atomic mass is 127. The first-order valence-corrected chi connectivity index (χ1v) is 10.9. The third-order valence-electron chi connectivity index (χ3n) is 6.03. The predicted octanol–water partition coefficient (Wildman–Crippen LogP) is 3.75. The smallest absolute Gasteiger partial charge is 0.193 e. The van der Waals surface area contributed by atoms with Gasteiger partial charge in [-0.25, -0.2) is 4.98 Å². The van der Waals surface area contributed by atoms with Crippen LogP contribution in [0.2, 0.25) is 0 Å². The molecule has 0 bridgehead atoms. The van der Waals surface area contributed by atoms with Crippen molar-refractivity contribution in [3.8, 4) is 0 Å². The molecule has 1 aromatic heterocycles. The van der Waals surface area contributed by atoms with E-state index in [1.54, 1.807) is 11.3 Å². The number of anilines is 1. The van der Waals surface area contributed by atoms with Gasteiger partial charge in [0.2, 0.25) is 0 Å². The van der Waals surface area contributed by atoms with Gasteiger partial charge in [0.25, 0.3) is 0 Å². The fourth-order valence-electron chi connectivity index (χ4n) is 4.37. The molecule has 7 heteroatoms. The first-order valence-electron chi connectivity index (χ1n) is 10.0. The van der Waals surface area contributed by atoms with Crippen LogP contribution in [-0.2, 0) is 6.42 Å². The molecule has 1 aliphatic carbocycles. The number of guanidine groups is 1. The van der Waals surface area contributed by atoms with Crippen LogP contribution >= 0.6 is 35.3 Å². The molecule has 1 N–H and O–H groups in total. The van der Waals surface area contributed by atoms with Crippen LogP contribution in [0.3, 0.4) is 0 Å². The maximum Gasteiger partial charge on any atom is 0.193 e. The number of nitrogens with zero attached hydrogens (tertiary/aromatic N) is 4. The second-order valence-corrected chi connectivity index (χ2v) is 8.66. The number of nitrogens with one attached hydrogen (secondary N) is 1. The van der Waals surface area contributed by atoms with E-state index >= 15 is 0 Å². The average molecular weight is 489 g/mol. The largest absolute Gasteiger partial charge is 0.357 e. The van der Waals surface area contributed by atoms with Crippen LogP contribution in [0.4, 0.5) is 5.13 Å². The van der Waals surface area contributed by atoms with E-state index < -0.39 is 0 Å². The molecule has 26 heavy (non-hydrogen) atoms. The van der Waals surface area contributed by atoms with Crippen molar-refractivity contribution in [1.82, 2.24) is 15.2 Å². The number of likely N-dealkylation sites (tertiary alicyclic amines) is 1. The number of rotatable bonds is 5. The maximum absolute atomic E-state index is 4.90. The van der Waals surface area contributed by atoms with Crippen molar-refractivity contribution in [2.75, 3.05) is 44.2 Å². The summed E-state index contributed by atoms with van der Waals surface area (Å²) in [5.41, 5.74) is 1.82. The SMILES string of the molecule is CCNC(=NCCc1csc(N2CCCC2)n1)N1CCC2(CCC2)C1.I. The summed E-state index contributed by atoms with van der Waals surface area (Å²) in [6.45, 7) is 8.65. The molecule has 2 saturated heterocycles. The van der Waals surface area contributed by atoms with Crippen LogP contribution < -0.4 is 10.2 Å². The molecular weight excluding hydrogens is 457 g/mol. The first kappa shape index (κ1) is 20.2. The number of aliphatic imine (C=N–C) groups is 1. The Morgan fingerprint density at radius 1 is 1.23 bits per heavy atom. The molecular formula is C19H32IN5S. The van der Waals surface area contributed by atoms with Crippen LogP contribution in [-0.4, -0.2) is 55.1 Å². The van der Waals surface area contributed by atoms with Gasteiger partial charge in [0.05, 0.1) is 5.69 Å². The van der Waals surface area contributed by atoms with Gasteiger partial charge in [-0.3, -0.25) is 4.99 Å². The minimum atomic E-state index is 0. The van der Waals surface area contributed by atoms with Crippen molar-refractivity contribution in [1.29, 1.82) is 0 Å². The van der Waals surface area contributed by atoms with Crippen molar-refractivity contribution in [2.45, 2.75) is 51.9 Å². The fourth-order valence-corrected chi connectivity index (χ4v) is 5.28. The van der Waals surface area contributed by atoms with Gasteiger partial charge in [-0.1, -0.05) is 6.42 Å². The number of hydrogen-bond acceptors (Lipinski definition) is 4. The molecule has 1 spiro atoms. The van der Waals surface area contributed by atoms with Crippen molar-refractivity contribution in [3.63, 3.8) is 0 Å². The Morgan fingerprint density at radius 2 is 2.04 bits per heavy atom. The number of hydrogen-bond donors (Lipinski definition) is 1. The lowest BCUT2D eigenvalue weighted by atomic mass is 9.68. The average Bonchev–Trinajstić information content (AvgIpc) is 3.32. The molecule has 3 aliphatic rings. The second kappa shape index (κ2) is 9.08. The molecule has 1 aromatic rings. The number of halogens is 1. The molecule has 1 saturated carbocycles. The molecule has 0 unspecified atom stereocenters. The zero-order chi connectivity index (χ0) is 17.1. The molecule has 3 fully saturated rings. The highest BCUT2D eigenvalue weighted by Crippen LogP contribution is 2.47. The van der Waals surface area contributed by atoms with Gasteiger partial charge in [0.15, 0.2) is 11.1 Å². The van der Waals surface area contributed by atoms with Gasteiger partial charge in [-0.15, -0.1) is 35.3 Å². The lowest BCUT2D eigenvalue weighted by Crippen LogP contribution is -2.42. The van der Waals surface area contributed by atoms with Gasteiger partial charge in [0.1, 0.15) is 0 Å². The standard InChI is InChI=1S/C19H31N5S.HI/c1-2-20-17(24-13-9-19(15-24)7-5-8-19)21-10-6-16-14-25-18(22-16)23-11-3-4-12-23;/h14H,2-13,15H2,1H3,(H,20,21);1H. The molecule has 4 rings (SSSR count). The van der Waals surface area contributed by atoms with Crippen molar-refractivity contribution < 1.29 is 0 Å². The molecule has 146 valence electrons. The van der Waals surface area contributed by atoms with E-state index in [1.165, 1.54) is 75.5 Å². The Hall–Kier alpha value is -0.570. The molecule has 0 aromatic carbocycles. The molecule has 0 radical (unpaired) electrons. The summed E-state index contributed by atoms with van der Waals surface area (Å²) in [4.78, 5) is 14.6. The third-order valence-corrected chi connectivity index (χ3v) is 6.98. The molecule has 5 nitrogen and oxygen atoms in total. The summed E-state index contributed by atoms with van der Waals surface area (Å²) < 4.78 is 0. The Bertz CT molecular complexity index is 607. The van der Waals surface area contributed by atoms with Gasteiger partial charge < -0.3 is 15.1 Å². The second-order valence-electron chi connectivity index (χ2n) is 7.83. The molecule has 2 aliphatic heterocycles. The van der Waals surface area contributed by atoms with Gasteiger partial charge in [-0.05, 0) is 44.4 Å². The zero-order valence-corrected chi connectivity index (χ0v) is 19.0. The van der Waals surface area contributed by atoms with Crippen LogP contribution in [0.25, 0.3) is 0 Å². The summed E-state index contributed by atoms with van der Waals surface area (Å²) in [5.74, 6) is 1.11. The number of thiazole rings is 1. The van der Waals surface area contributed by atoms with Crippen molar-refractivity contribution >= 4 is 46.4 Å².